The maximum absolute atomic E-state index is 6.07. The van der Waals surface area contributed by atoms with Crippen LogP contribution in [0.4, 0.5) is 5.69 Å². The highest BCUT2D eigenvalue weighted by atomic mass is 127. The van der Waals surface area contributed by atoms with E-state index in [0.29, 0.717) is 24.0 Å². The van der Waals surface area contributed by atoms with E-state index in [4.69, 9.17) is 19.9 Å². The number of likely N-dealkylation sites (N-methyl/N-ethyl adjacent to an activating group) is 1. The third-order valence-electron chi connectivity index (χ3n) is 4.19. The zero-order valence-corrected chi connectivity index (χ0v) is 19.3. The molecule has 0 spiro atoms. The Balaban J connectivity index is 0.00000392. The van der Waals surface area contributed by atoms with E-state index in [9.17, 15) is 0 Å². The van der Waals surface area contributed by atoms with Crippen LogP contribution in [0.5, 0.6) is 17.2 Å². The molecular weight excluding hydrogens is 471 g/mol. The van der Waals surface area contributed by atoms with Crippen molar-refractivity contribution in [2.45, 2.75) is 6.04 Å². The molecule has 0 saturated heterocycles. The van der Waals surface area contributed by atoms with E-state index in [-0.39, 0.29) is 30.0 Å². The van der Waals surface area contributed by atoms with Crippen LogP contribution in [0.2, 0.25) is 0 Å². The Morgan fingerprint density at radius 2 is 1.75 bits per heavy atom. The summed E-state index contributed by atoms with van der Waals surface area (Å²) < 4.78 is 15.9. The molecule has 1 unspecified atom stereocenters. The van der Waals surface area contributed by atoms with E-state index in [1.807, 2.05) is 50.5 Å². The number of ether oxygens (including phenoxy) is 3. The van der Waals surface area contributed by atoms with Crippen LogP contribution < -0.4 is 25.3 Å². The number of anilines is 1. The summed E-state index contributed by atoms with van der Waals surface area (Å²) in [7, 11) is 8.87. The summed E-state index contributed by atoms with van der Waals surface area (Å²) in [6.07, 6.45) is 0. The Hall–Kier alpha value is -2.20. The van der Waals surface area contributed by atoms with Gasteiger partial charge in [0.05, 0.1) is 33.9 Å². The van der Waals surface area contributed by atoms with E-state index in [1.165, 1.54) is 0 Å². The van der Waals surface area contributed by atoms with Gasteiger partial charge < -0.3 is 30.2 Å². The second kappa shape index (κ2) is 11.6. The number of aliphatic imine (C=N–C) groups is 1. The van der Waals surface area contributed by atoms with Gasteiger partial charge in [-0.3, -0.25) is 4.99 Å². The fraction of sp³-hybridized carbons (Fsp3) is 0.350. The Bertz CT molecular complexity index is 784. The predicted molar refractivity (Wildman–Crippen MR) is 124 cm³/mol. The number of halogens is 1. The topological polar surface area (TPSA) is 81.3 Å². The largest absolute Gasteiger partial charge is 0.497 e. The van der Waals surface area contributed by atoms with Gasteiger partial charge in [0, 0.05) is 11.8 Å². The molecule has 0 heterocycles. The molecule has 154 valence electrons. The second-order valence-corrected chi connectivity index (χ2v) is 6.18. The molecule has 2 rings (SSSR count). The van der Waals surface area contributed by atoms with Gasteiger partial charge in [-0.1, -0.05) is 12.1 Å². The zero-order chi connectivity index (χ0) is 19.8. The molecule has 0 aromatic heterocycles. The number of rotatable bonds is 8. The Morgan fingerprint density at radius 1 is 1.04 bits per heavy atom. The molecule has 1 atom stereocenters. The first kappa shape index (κ1) is 23.8. The highest BCUT2D eigenvalue weighted by Gasteiger charge is 2.14. The van der Waals surface area contributed by atoms with Crippen LogP contribution in [0, 0.1) is 0 Å². The molecule has 0 aliphatic heterocycles. The molecule has 2 aromatic carbocycles. The van der Waals surface area contributed by atoms with Crippen molar-refractivity contribution in [1.82, 2.24) is 4.90 Å². The van der Waals surface area contributed by atoms with E-state index in [0.717, 1.165) is 17.0 Å². The van der Waals surface area contributed by atoms with Crippen LogP contribution in [0.3, 0.4) is 0 Å². The minimum atomic E-state index is 0. The normalized spacial score (nSPS) is 12.1. The number of methoxy groups -OCH3 is 3. The third-order valence-corrected chi connectivity index (χ3v) is 4.19. The minimum Gasteiger partial charge on any atom is -0.497 e. The Morgan fingerprint density at radius 3 is 2.36 bits per heavy atom. The molecule has 3 N–H and O–H groups in total. The van der Waals surface area contributed by atoms with Gasteiger partial charge in [-0.25, -0.2) is 0 Å². The summed E-state index contributed by atoms with van der Waals surface area (Å²) >= 11 is 0. The highest BCUT2D eigenvalue weighted by molar-refractivity contribution is 14.0. The van der Waals surface area contributed by atoms with Crippen LogP contribution in [0.1, 0.15) is 11.6 Å². The quantitative estimate of drug-likeness (QED) is 0.329. The minimum absolute atomic E-state index is 0. The van der Waals surface area contributed by atoms with Crippen molar-refractivity contribution < 1.29 is 14.2 Å². The average Bonchev–Trinajstić information content (AvgIpc) is 2.67. The lowest BCUT2D eigenvalue weighted by atomic mass is 10.1. The summed E-state index contributed by atoms with van der Waals surface area (Å²) in [6, 6.07) is 13.5. The lowest BCUT2D eigenvalue weighted by Crippen LogP contribution is -2.27. The average molecular weight is 500 g/mol. The van der Waals surface area contributed by atoms with Gasteiger partial charge >= 0.3 is 0 Å². The summed E-state index contributed by atoms with van der Waals surface area (Å²) in [5, 5.41) is 3.09. The van der Waals surface area contributed by atoms with Gasteiger partial charge in [0.25, 0.3) is 0 Å². The summed E-state index contributed by atoms with van der Waals surface area (Å²) in [5.74, 6) is 2.43. The lowest BCUT2D eigenvalue weighted by molar-refractivity contribution is 0.305. The van der Waals surface area contributed by atoms with Crippen LogP contribution in [0.15, 0.2) is 47.5 Å². The van der Waals surface area contributed by atoms with Crippen molar-refractivity contribution >= 4 is 35.6 Å². The molecule has 2 aromatic rings. The van der Waals surface area contributed by atoms with Crippen molar-refractivity contribution in [2.75, 3.05) is 47.3 Å². The first-order valence-corrected chi connectivity index (χ1v) is 8.57. The molecule has 0 radical (unpaired) electrons. The van der Waals surface area contributed by atoms with Crippen LogP contribution in [-0.4, -0.2) is 52.8 Å². The van der Waals surface area contributed by atoms with Crippen molar-refractivity contribution in [3.05, 3.63) is 48.0 Å². The first-order chi connectivity index (χ1) is 13.0. The van der Waals surface area contributed by atoms with Gasteiger partial charge in [0.2, 0.25) is 0 Å². The van der Waals surface area contributed by atoms with E-state index in [1.54, 1.807) is 21.3 Å². The summed E-state index contributed by atoms with van der Waals surface area (Å²) in [6.45, 7) is 0.506. The smallest absolute Gasteiger partial charge is 0.193 e. The standard InChI is InChI=1S/C20H28N4O3.HI/c1-24(2)17(14-7-6-8-16(11-14)25-3)13-22-20(21)23-15-9-10-18(26-4)19(12-15)27-5;/h6-12,17H,13H2,1-5H3,(H3,21,22,23);1H. The van der Waals surface area contributed by atoms with Gasteiger partial charge in [-0.15, -0.1) is 24.0 Å². The third kappa shape index (κ3) is 6.45. The number of nitrogens with one attached hydrogen (secondary N) is 1. The van der Waals surface area contributed by atoms with Gasteiger partial charge in [-0.05, 0) is 43.9 Å². The van der Waals surface area contributed by atoms with Gasteiger partial charge in [0.1, 0.15) is 5.75 Å². The fourth-order valence-electron chi connectivity index (χ4n) is 2.70. The van der Waals surface area contributed by atoms with Crippen LogP contribution >= 0.6 is 24.0 Å². The number of hydrogen-bond donors (Lipinski definition) is 2. The van der Waals surface area contributed by atoms with Crippen molar-refractivity contribution in [1.29, 1.82) is 0 Å². The molecule has 0 aliphatic rings. The van der Waals surface area contributed by atoms with E-state index in [2.05, 4.69) is 21.3 Å². The number of hydrogen-bond acceptors (Lipinski definition) is 5. The fourth-order valence-corrected chi connectivity index (χ4v) is 2.70. The molecule has 0 aliphatic carbocycles. The SMILES string of the molecule is COc1cccc(C(CN=C(N)Nc2ccc(OC)c(OC)c2)N(C)C)c1.I. The number of nitrogens with two attached hydrogens (primary N) is 1. The lowest BCUT2D eigenvalue weighted by Gasteiger charge is -2.23. The monoisotopic (exact) mass is 500 g/mol. The maximum atomic E-state index is 6.07. The molecule has 0 saturated carbocycles. The molecule has 0 fully saturated rings. The highest BCUT2D eigenvalue weighted by Crippen LogP contribution is 2.29. The van der Waals surface area contributed by atoms with Crippen LogP contribution in [0.25, 0.3) is 0 Å². The summed E-state index contributed by atoms with van der Waals surface area (Å²) in [5.41, 5.74) is 7.96. The van der Waals surface area contributed by atoms with Crippen LogP contribution in [-0.2, 0) is 0 Å². The molecule has 28 heavy (non-hydrogen) atoms. The number of nitrogens with zero attached hydrogens (tertiary/aromatic N) is 2. The van der Waals surface area contributed by atoms with Crippen molar-refractivity contribution in [3.63, 3.8) is 0 Å². The van der Waals surface area contributed by atoms with Crippen molar-refractivity contribution in [2.24, 2.45) is 10.7 Å². The molecule has 0 amide bonds. The van der Waals surface area contributed by atoms with E-state index >= 15 is 0 Å². The zero-order valence-electron chi connectivity index (χ0n) is 16.9. The van der Waals surface area contributed by atoms with Gasteiger partial charge in [-0.2, -0.15) is 0 Å². The Kier molecular flexibility index (Phi) is 9.88. The Labute approximate surface area is 183 Å². The first-order valence-electron chi connectivity index (χ1n) is 8.57. The molecular formula is C20H29IN4O3. The predicted octanol–water partition coefficient (Wildman–Crippen LogP) is 3.36. The molecule has 7 nitrogen and oxygen atoms in total. The maximum Gasteiger partial charge on any atom is 0.193 e. The number of benzene rings is 2. The van der Waals surface area contributed by atoms with E-state index < -0.39 is 0 Å². The summed E-state index contributed by atoms with van der Waals surface area (Å²) in [4.78, 5) is 6.60. The molecule has 8 heteroatoms. The van der Waals surface area contributed by atoms with Crippen molar-refractivity contribution in [3.8, 4) is 17.2 Å². The number of guanidine groups is 1. The van der Waals surface area contributed by atoms with Gasteiger partial charge in [0.15, 0.2) is 17.5 Å². The molecule has 0 bridgehead atoms. The second-order valence-electron chi connectivity index (χ2n) is 6.18.